The molecule has 156 valence electrons. The molecule has 1 aromatic carbocycles. The van der Waals surface area contributed by atoms with Gasteiger partial charge >= 0.3 is 0 Å². The van der Waals surface area contributed by atoms with E-state index in [-0.39, 0.29) is 11.9 Å². The molecular weight excluding hydrogens is 376 g/mol. The standard InChI is InChI=1S/C23H28N6O/c1-16-22(17(2)29(27-16)20-9-5-4-6-10-20)26-23(30)18(3)28-13-7-8-19(14-28)21-11-12-24-15-25-21/h4-6,9-12,15,18-19H,7-8,13-14H2,1-3H3,(H,26,30)/t18-,19-/m1/s1. The van der Waals surface area contributed by atoms with Crippen molar-refractivity contribution in [2.75, 3.05) is 18.4 Å². The molecule has 0 unspecified atom stereocenters. The van der Waals surface area contributed by atoms with Gasteiger partial charge in [-0.1, -0.05) is 18.2 Å². The molecule has 1 N–H and O–H groups in total. The lowest BCUT2D eigenvalue weighted by Crippen LogP contribution is -2.46. The van der Waals surface area contributed by atoms with Gasteiger partial charge in [0.05, 0.1) is 28.8 Å². The molecule has 1 fully saturated rings. The molecule has 30 heavy (non-hydrogen) atoms. The maximum absolute atomic E-state index is 13.1. The minimum Gasteiger partial charge on any atom is -0.322 e. The first-order valence-electron chi connectivity index (χ1n) is 10.5. The summed E-state index contributed by atoms with van der Waals surface area (Å²) in [5.41, 5.74) is 4.57. The SMILES string of the molecule is Cc1nn(-c2ccccc2)c(C)c1NC(=O)[C@@H](C)N1CCC[C@@H](c2ccncn2)C1. The van der Waals surface area contributed by atoms with Crippen LogP contribution in [0.15, 0.2) is 48.9 Å². The van der Waals surface area contributed by atoms with Crippen LogP contribution >= 0.6 is 0 Å². The van der Waals surface area contributed by atoms with Crippen molar-refractivity contribution in [2.45, 2.75) is 45.6 Å². The zero-order valence-electron chi connectivity index (χ0n) is 17.7. The highest BCUT2D eigenvalue weighted by Crippen LogP contribution is 2.27. The minimum atomic E-state index is -0.228. The Bertz CT molecular complexity index is 1000. The summed E-state index contributed by atoms with van der Waals surface area (Å²) >= 11 is 0. The Kier molecular flexibility index (Phi) is 5.90. The molecule has 3 heterocycles. The zero-order valence-corrected chi connectivity index (χ0v) is 17.7. The van der Waals surface area contributed by atoms with Gasteiger partial charge in [-0.2, -0.15) is 5.10 Å². The molecule has 1 saturated heterocycles. The van der Waals surface area contributed by atoms with Crippen LogP contribution in [0.1, 0.15) is 42.8 Å². The summed E-state index contributed by atoms with van der Waals surface area (Å²) in [6.45, 7) is 7.63. The van der Waals surface area contributed by atoms with Gasteiger partial charge in [0.25, 0.3) is 0 Å². The fourth-order valence-corrected chi connectivity index (χ4v) is 4.18. The number of benzene rings is 1. The van der Waals surface area contributed by atoms with Crippen molar-refractivity contribution in [1.82, 2.24) is 24.6 Å². The van der Waals surface area contributed by atoms with Crippen molar-refractivity contribution in [2.24, 2.45) is 0 Å². The molecule has 4 rings (SSSR count). The Hall–Kier alpha value is -3.06. The number of hydrogen-bond acceptors (Lipinski definition) is 5. The van der Waals surface area contributed by atoms with Crippen LogP contribution in [0.3, 0.4) is 0 Å². The first-order chi connectivity index (χ1) is 14.5. The smallest absolute Gasteiger partial charge is 0.241 e. The van der Waals surface area contributed by atoms with Gasteiger partial charge in [0.1, 0.15) is 6.33 Å². The predicted molar refractivity (Wildman–Crippen MR) is 117 cm³/mol. The fourth-order valence-electron chi connectivity index (χ4n) is 4.18. The van der Waals surface area contributed by atoms with Crippen LogP contribution in [0.2, 0.25) is 0 Å². The maximum atomic E-state index is 13.1. The topological polar surface area (TPSA) is 75.9 Å². The van der Waals surface area contributed by atoms with Gasteiger partial charge < -0.3 is 5.32 Å². The lowest BCUT2D eigenvalue weighted by molar-refractivity contribution is -0.121. The molecule has 2 aromatic heterocycles. The number of rotatable bonds is 5. The highest BCUT2D eigenvalue weighted by molar-refractivity contribution is 5.95. The van der Waals surface area contributed by atoms with Gasteiger partial charge in [-0.15, -0.1) is 0 Å². The van der Waals surface area contributed by atoms with E-state index in [9.17, 15) is 4.79 Å². The van der Waals surface area contributed by atoms with Crippen molar-refractivity contribution >= 4 is 11.6 Å². The van der Waals surface area contributed by atoms with Crippen LogP contribution in [0.5, 0.6) is 0 Å². The Morgan fingerprint density at radius 2 is 2.00 bits per heavy atom. The average Bonchev–Trinajstić information content (AvgIpc) is 3.08. The normalized spacial score (nSPS) is 18.2. The molecule has 7 heteroatoms. The van der Waals surface area contributed by atoms with Crippen LogP contribution in [0, 0.1) is 13.8 Å². The van der Waals surface area contributed by atoms with Crippen molar-refractivity contribution in [1.29, 1.82) is 0 Å². The Morgan fingerprint density at radius 1 is 1.20 bits per heavy atom. The Labute approximate surface area is 177 Å². The number of carbonyl (C=O) groups is 1. The third kappa shape index (κ3) is 4.11. The first-order valence-corrected chi connectivity index (χ1v) is 10.5. The number of para-hydroxylation sites is 1. The largest absolute Gasteiger partial charge is 0.322 e. The number of nitrogens with zero attached hydrogens (tertiary/aromatic N) is 5. The fraction of sp³-hybridized carbons (Fsp3) is 0.391. The molecule has 7 nitrogen and oxygen atoms in total. The van der Waals surface area contributed by atoms with Crippen LogP contribution in [-0.4, -0.2) is 49.7 Å². The van der Waals surface area contributed by atoms with E-state index in [1.165, 1.54) is 0 Å². The molecule has 0 radical (unpaired) electrons. The summed E-state index contributed by atoms with van der Waals surface area (Å²) < 4.78 is 1.88. The highest BCUT2D eigenvalue weighted by atomic mass is 16.2. The number of piperidine rings is 1. The lowest BCUT2D eigenvalue weighted by Gasteiger charge is -2.35. The van der Waals surface area contributed by atoms with Crippen LogP contribution < -0.4 is 5.32 Å². The molecule has 0 bridgehead atoms. The van der Waals surface area contributed by atoms with Gasteiger partial charge in [0.15, 0.2) is 0 Å². The quantitative estimate of drug-likeness (QED) is 0.705. The Balaban J connectivity index is 1.47. The van der Waals surface area contributed by atoms with E-state index >= 15 is 0 Å². The summed E-state index contributed by atoms with van der Waals surface area (Å²) in [5, 5.41) is 7.76. The van der Waals surface area contributed by atoms with Crippen LogP contribution in [0.4, 0.5) is 5.69 Å². The molecule has 0 aliphatic carbocycles. The minimum absolute atomic E-state index is 0.00264. The number of carbonyl (C=O) groups excluding carboxylic acids is 1. The van der Waals surface area contributed by atoms with Crippen LogP contribution in [0.25, 0.3) is 5.69 Å². The second-order valence-electron chi connectivity index (χ2n) is 7.93. The van der Waals surface area contributed by atoms with Crippen molar-refractivity contribution in [3.8, 4) is 5.69 Å². The number of nitrogens with one attached hydrogen (secondary N) is 1. The molecule has 0 saturated carbocycles. The van der Waals surface area contributed by atoms with Gasteiger partial charge in [-0.3, -0.25) is 9.69 Å². The number of hydrogen-bond donors (Lipinski definition) is 1. The molecular formula is C23H28N6O. The van der Waals surface area contributed by atoms with Crippen LogP contribution in [-0.2, 0) is 4.79 Å². The van der Waals surface area contributed by atoms with Gasteiger partial charge in [-0.05, 0) is 58.4 Å². The molecule has 1 aliphatic heterocycles. The number of amides is 1. The second kappa shape index (κ2) is 8.75. The average molecular weight is 405 g/mol. The van der Waals surface area contributed by atoms with Crippen molar-refractivity contribution in [3.63, 3.8) is 0 Å². The molecule has 3 aromatic rings. The second-order valence-corrected chi connectivity index (χ2v) is 7.93. The molecule has 0 spiro atoms. The van der Waals surface area contributed by atoms with E-state index in [2.05, 4.69) is 25.3 Å². The highest BCUT2D eigenvalue weighted by Gasteiger charge is 2.29. The summed E-state index contributed by atoms with van der Waals surface area (Å²) in [7, 11) is 0. The number of anilines is 1. The number of aryl methyl sites for hydroxylation is 1. The van der Waals surface area contributed by atoms with E-state index in [1.54, 1.807) is 12.5 Å². The molecule has 1 aliphatic rings. The first kappa shape index (κ1) is 20.2. The van der Waals surface area contributed by atoms with E-state index in [0.29, 0.717) is 5.92 Å². The maximum Gasteiger partial charge on any atom is 0.241 e. The third-order valence-electron chi connectivity index (χ3n) is 5.94. The van der Waals surface area contributed by atoms with Gasteiger partial charge in [-0.25, -0.2) is 14.6 Å². The number of likely N-dealkylation sites (tertiary alicyclic amines) is 1. The van der Waals surface area contributed by atoms with Gasteiger partial charge in [0, 0.05) is 24.4 Å². The zero-order chi connectivity index (χ0) is 21.1. The van der Waals surface area contributed by atoms with E-state index in [4.69, 9.17) is 0 Å². The van der Waals surface area contributed by atoms with E-state index in [0.717, 1.165) is 54.4 Å². The summed E-state index contributed by atoms with van der Waals surface area (Å²) in [5.74, 6) is 0.332. The lowest BCUT2D eigenvalue weighted by atomic mass is 9.93. The van der Waals surface area contributed by atoms with Crippen molar-refractivity contribution in [3.05, 3.63) is 66.0 Å². The van der Waals surface area contributed by atoms with E-state index in [1.807, 2.05) is 61.9 Å². The molecule has 2 atom stereocenters. The van der Waals surface area contributed by atoms with Crippen molar-refractivity contribution < 1.29 is 4.79 Å². The predicted octanol–water partition coefficient (Wildman–Crippen LogP) is 3.49. The van der Waals surface area contributed by atoms with E-state index < -0.39 is 0 Å². The Morgan fingerprint density at radius 3 is 2.73 bits per heavy atom. The summed E-state index contributed by atoms with van der Waals surface area (Å²) in [6, 6.07) is 11.7. The molecule has 1 amide bonds. The third-order valence-corrected chi connectivity index (χ3v) is 5.94. The van der Waals surface area contributed by atoms with Gasteiger partial charge in [0.2, 0.25) is 5.91 Å². The summed E-state index contributed by atoms with van der Waals surface area (Å²) in [4.78, 5) is 23.8. The number of aromatic nitrogens is 4. The summed E-state index contributed by atoms with van der Waals surface area (Å²) in [6.07, 6.45) is 5.52. The monoisotopic (exact) mass is 404 g/mol.